The number of carbonyl (C=O) groups excluding carboxylic acids is 3. The molecule has 0 unspecified atom stereocenters. The monoisotopic (exact) mass is 470 g/mol. The quantitative estimate of drug-likeness (QED) is 0.385. The molecular weight excluding hydrogens is 448 g/mol. The minimum atomic E-state index is -0.361. The summed E-state index contributed by atoms with van der Waals surface area (Å²) in [6, 6.07) is 20.7. The number of para-hydroxylation sites is 2. The van der Waals surface area contributed by atoms with Crippen LogP contribution in [0.25, 0.3) is 11.0 Å². The number of hydrogen-bond donors (Lipinski definition) is 2. The Morgan fingerprint density at radius 2 is 1.62 bits per heavy atom. The molecule has 34 heavy (non-hydrogen) atoms. The Balaban J connectivity index is 1.35. The van der Waals surface area contributed by atoms with Crippen molar-refractivity contribution in [3.63, 3.8) is 0 Å². The van der Waals surface area contributed by atoms with Gasteiger partial charge in [-0.15, -0.1) is 0 Å². The number of amides is 3. The number of nitrogens with zero attached hydrogens (tertiary/aromatic N) is 2. The zero-order valence-electron chi connectivity index (χ0n) is 18.4. The number of imidazole rings is 1. The van der Waals surface area contributed by atoms with Gasteiger partial charge in [0, 0.05) is 5.56 Å². The molecule has 0 radical (unpaired) electrons. The first-order valence-corrected chi connectivity index (χ1v) is 12.3. The van der Waals surface area contributed by atoms with Crippen LogP contribution in [0.1, 0.15) is 49.4 Å². The smallest absolute Gasteiger partial charge is 0.266 e. The van der Waals surface area contributed by atoms with Crippen LogP contribution >= 0.6 is 11.8 Å². The molecule has 1 aliphatic heterocycles. The Morgan fingerprint density at radius 3 is 2.26 bits per heavy atom. The lowest BCUT2D eigenvalue weighted by Crippen LogP contribution is -2.31. The number of H-pyrrole nitrogens is 1. The van der Waals surface area contributed by atoms with Gasteiger partial charge in [-0.2, -0.15) is 11.8 Å². The molecule has 0 bridgehead atoms. The number of rotatable bonds is 7. The summed E-state index contributed by atoms with van der Waals surface area (Å²) in [7, 11) is 0. The molecule has 2 heterocycles. The van der Waals surface area contributed by atoms with E-state index in [0.717, 1.165) is 28.1 Å². The van der Waals surface area contributed by atoms with Gasteiger partial charge in [0.2, 0.25) is 0 Å². The van der Waals surface area contributed by atoms with Crippen molar-refractivity contribution >= 4 is 46.2 Å². The first kappa shape index (κ1) is 21.9. The fraction of sp³-hybridized carbons (Fsp3) is 0.154. The number of anilines is 1. The number of imide groups is 1. The molecule has 0 fully saturated rings. The van der Waals surface area contributed by atoms with Crippen LogP contribution in [-0.4, -0.2) is 39.7 Å². The summed E-state index contributed by atoms with van der Waals surface area (Å²) in [5, 5.41) is 3.07. The predicted octanol–water partition coefficient (Wildman–Crippen LogP) is 4.59. The van der Waals surface area contributed by atoms with E-state index in [4.69, 9.17) is 0 Å². The lowest BCUT2D eigenvalue weighted by atomic mass is 10.1. The van der Waals surface area contributed by atoms with Gasteiger partial charge in [0.25, 0.3) is 17.7 Å². The normalized spacial score (nSPS) is 13.9. The molecule has 0 saturated carbocycles. The second kappa shape index (κ2) is 9.15. The summed E-state index contributed by atoms with van der Waals surface area (Å²) in [5.74, 6) is 0.604. The second-order valence-corrected chi connectivity index (χ2v) is 8.97. The molecule has 3 aromatic carbocycles. The van der Waals surface area contributed by atoms with Crippen molar-refractivity contribution < 1.29 is 14.4 Å². The van der Waals surface area contributed by atoms with Gasteiger partial charge in [-0.3, -0.25) is 14.4 Å². The van der Waals surface area contributed by atoms with Crippen molar-refractivity contribution in [3.05, 3.63) is 95.3 Å². The number of hydrogen-bond acceptors (Lipinski definition) is 5. The molecule has 1 atom stereocenters. The number of nitrogens with one attached hydrogen (secondary N) is 2. The molecule has 0 saturated heterocycles. The highest BCUT2D eigenvalue weighted by Crippen LogP contribution is 2.28. The average Bonchev–Trinajstić information content (AvgIpc) is 3.41. The highest BCUT2D eigenvalue weighted by atomic mass is 32.2. The second-order valence-electron chi connectivity index (χ2n) is 7.98. The number of aromatic amines is 1. The van der Waals surface area contributed by atoms with Crippen LogP contribution in [0.4, 0.5) is 5.69 Å². The molecule has 3 amide bonds. The largest absolute Gasteiger partial charge is 0.342 e. The van der Waals surface area contributed by atoms with Crippen molar-refractivity contribution in [2.75, 3.05) is 16.9 Å². The predicted molar refractivity (Wildman–Crippen MR) is 133 cm³/mol. The molecule has 4 aromatic rings. The standard InChI is InChI=1S/C26H22N4O3S/c1-34-15-14-22(23-27-20-8-4-5-9-21(20)28-23)29-24(31)16-10-12-17(13-11-16)30-25(32)18-6-2-3-7-19(18)26(30)33/h2-13,22H,14-15H2,1H3,(H,27,28)(H,29,31)/t22-/m1/s1. The summed E-state index contributed by atoms with van der Waals surface area (Å²) >= 11 is 1.70. The molecule has 7 nitrogen and oxygen atoms in total. The zero-order valence-corrected chi connectivity index (χ0v) is 19.3. The summed E-state index contributed by atoms with van der Waals surface area (Å²) in [5.41, 5.74) is 3.41. The number of fused-ring (bicyclic) bond motifs is 2. The third-order valence-electron chi connectivity index (χ3n) is 5.84. The maximum Gasteiger partial charge on any atom is 0.266 e. The number of carbonyl (C=O) groups is 3. The number of thioether (sulfide) groups is 1. The SMILES string of the molecule is CSCC[C@@H](NC(=O)c1ccc(N2C(=O)c3ccccc3C2=O)cc1)c1nc2ccccc2[nH]1. The molecule has 2 N–H and O–H groups in total. The van der Waals surface area contributed by atoms with E-state index in [1.165, 1.54) is 0 Å². The van der Waals surface area contributed by atoms with Crippen LogP contribution in [-0.2, 0) is 0 Å². The lowest BCUT2D eigenvalue weighted by Gasteiger charge is -2.17. The summed E-state index contributed by atoms with van der Waals surface area (Å²) < 4.78 is 0. The highest BCUT2D eigenvalue weighted by molar-refractivity contribution is 7.98. The van der Waals surface area contributed by atoms with Gasteiger partial charge in [-0.25, -0.2) is 9.88 Å². The Bertz CT molecular complexity index is 1330. The maximum absolute atomic E-state index is 13.0. The van der Waals surface area contributed by atoms with Gasteiger partial charge in [0.1, 0.15) is 5.82 Å². The molecule has 170 valence electrons. The van der Waals surface area contributed by atoms with Gasteiger partial charge >= 0.3 is 0 Å². The Labute approximate surface area is 200 Å². The topological polar surface area (TPSA) is 95.2 Å². The van der Waals surface area contributed by atoms with Crippen LogP contribution in [0, 0.1) is 0 Å². The first-order chi connectivity index (χ1) is 16.6. The third-order valence-corrected chi connectivity index (χ3v) is 6.48. The van der Waals surface area contributed by atoms with Crippen molar-refractivity contribution in [1.29, 1.82) is 0 Å². The van der Waals surface area contributed by atoms with E-state index < -0.39 is 0 Å². The fourth-order valence-electron chi connectivity index (χ4n) is 4.08. The first-order valence-electron chi connectivity index (χ1n) is 10.9. The van der Waals surface area contributed by atoms with E-state index in [-0.39, 0.29) is 23.8 Å². The van der Waals surface area contributed by atoms with Gasteiger partial charge in [0.15, 0.2) is 0 Å². The van der Waals surface area contributed by atoms with Gasteiger partial charge in [-0.1, -0.05) is 24.3 Å². The van der Waals surface area contributed by atoms with Gasteiger partial charge in [0.05, 0.1) is 33.9 Å². The Hall–Kier alpha value is -3.91. The molecule has 1 aliphatic rings. The third kappa shape index (κ3) is 3.97. The van der Waals surface area contributed by atoms with Crippen LogP contribution in [0.2, 0.25) is 0 Å². The van der Waals surface area contributed by atoms with E-state index in [9.17, 15) is 14.4 Å². The molecule has 1 aromatic heterocycles. The van der Waals surface area contributed by atoms with Crippen LogP contribution in [0.5, 0.6) is 0 Å². The molecule has 5 rings (SSSR count). The van der Waals surface area contributed by atoms with E-state index in [1.54, 1.807) is 60.3 Å². The number of aromatic nitrogens is 2. The van der Waals surface area contributed by atoms with Crippen LogP contribution in [0.3, 0.4) is 0 Å². The van der Waals surface area contributed by atoms with Crippen molar-refractivity contribution in [3.8, 4) is 0 Å². The van der Waals surface area contributed by atoms with Crippen molar-refractivity contribution in [1.82, 2.24) is 15.3 Å². The van der Waals surface area contributed by atoms with E-state index >= 15 is 0 Å². The van der Waals surface area contributed by atoms with E-state index in [0.29, 0.717) is 28.2 Å². The van der Waals surface area contributed by atoms with Crippen LogP contribution < -0.4 is 10.2 Å². The van der Waals surface area contributed by atoms with E-state index in [2.05, 4.69) is 15.3 Å². The summed E-state index contributed by atoms with van der Waals surface area (Å²) in [6.07, 6.45) is 2.75. The van der Waals surface area contributed by atoms with Crippen molar-refractivity contribution in [2.24, 2.45) is 0 Å². The van der Waals surface area contributed by atoms with Crippen LogP contribution in [0.15, 0.2) is 72.8 Å². The zero-order chi connectivity index (χ0) is 23.7. The summed E-state index contributed by atoms with van der Waals surface area (Å²) in [4.78, 5) is 47.6. The maximum atomic E-state index is 13.0. The Morgan fingerprint density at radius 1 is 0.971 bits per heavy atom. The van der Waals surface area contributed by atoms with Crippen molar-refractivity contribution in [2.45, 2.75) is 12.5 Å². The summed E-state index contributed by atoms with van der Waals surface area (Å²) in [6.45, 7) is 0. The highest BCUT2D eigenvalue weighted by Gasteiger charge is 2.36. The van der Waals surface area contributed by atoms with Gasteiger partial charge in [-0.05, 0) is 67.0 Å². The van der Waals surface area contributed by atoms with Gasteiger partial charge < -0.3 is 10.3 Å². The number of benzene rings is 3. The Kier molecular flexibility index (Phi) is 5.90. The lowest BCUT2D eigenvalue weighted by molar-refractivity contribution is 0.0920. The molecule has 0 spiro atoms. The average molecular weight is 471 g/mol. The fourth-order valence-corrected chi connectivity index (χ4v) is 4.55. The molecule has 0 aliphatic carbocycles. The minimum absolute atomic E-state index is 0.250. The molecule has 8 heteroatoms. The minimum Gasteiger partial charge on any atom is -0.342 e. The van der Waals surface area contributed by atoms with E-state index in [1.807, 2.05) is 30.5 Å². The molecular formula is C26H22N4O3S.